The van der Waals surface area contributed by atoms with E-state index in [1.54, 1.807) is 0 Å². The van der Waals surface area contributed by atoms with Crippen LogP contribution in [0.2, 0.25) is 0 Å². The van der Waals surface area contributed by atoms with E-state index in [9.17, 15) is 39.6 Å². The molecule has 14 heteroatoms. The van der Waals surface area contributed by atoms with Crippen molar-refractivity contribution in [3.63, 3.8) is 0 Å². The second-order valence-electron chi connectivity index (χ2n) is 9.32. The monoisotopic (exact) mass is 588 g/mol. The third kappa shape index (κ3) is 22.6. The molecule has 0 atom stereocenters. The van der Waals surface area contributed by atoms with E-state index in [1.807, 2.05) is 0 Å². The molecular formula is C20H36FeO12Zn. The second-order valence-corrected chi connectivity index (χ2v) is 9.32. The van der Waals surface area contributed by atoms with E-state index in [2.05, 4.69) is 0 Å². The number of rotatable bonds is 8. The first-order chi connectivity index (χ1) is 14.0. The first-order valence-electron chi connectivity index (χ1n) is 9.31. The van der Waals surface area contributed by atoms with Crippen LogP contribution in [0.15, 0.2) is 0 Å². The van der Waals surface area contributed by atoms with E-state index in [0.29, 0.717) is 0 Å². The van der Waals surface area contributed by atoms with Gasteiger partial charge in [0.15, 0.2) is 0 Å². The summed E-state index contributed by atoms with van der Waals surface area (Å²) in [5, 5.41) is 73.3. The largest absolute Gasteiger partial charge is 2.00 e. The third-order valence-electron chi connectivity index (χ3n) is 3.79. The Morgan fingerprint density at radius 2 is 0.559 bits per heavy atom. The predicted molar refractivity (Wildman–Crippen MR) is 103 cm³/mol. The number of carbonyl (C=O) groups excluding carboxylic acids is 4. The van der Waals surface area contributed by atoms with Gasteiger partial charge in [-0.15, -0.1) is 0 Å². The summed E-state index contributed by atoms with van der Waals surface area (Å²) in [6, 6.07) is 0. The van der Waals surface area contributed by atoms with E-state index < -0.39 is 45.5 Å². The number of carboxylic acid groups (broad SMARTS) is 4. The Morgan fingerprint density at radius 1 is 0.471 bits per heavy atom. The summed E-state index contributed by atoms with van der Waals surface area (Å²) in [5.41, 5.74) is -4.39. The predicted octanol–water partition coefficient (Wildman–Crippen LogP) is -4.99. The summed E-state index contributed by atoms with van der Waals surface area (Å²) < 4.78 is 0. The maximum Gasteiger partial charge on any atom is 2.00 e. The summed E-state index contributed by atoms with van der Waals surface area (Å²) in [7, 11) is 0. The van der Waals surface area contributed by atoms with Gasteiger partial charge in [0.1, 0.15) is 0 Å². The molecule has 0 amide bonds. The van der Waals surface area contributed by atoms with E-state index in [1.165, 1.54) is 55.4 Å². The summed E-state index contributed by atoms with van der Waals surface area (Å²) >= 11 is 0. The van der Waals surface area contributed by atoms with Gasteiger partial charge in [-0.2, -0.15) is 0 Å². The molecule has 12 nitrogen and oxygen atoms in total. The van der Waals surface area contributed by atoms with Gasteiger partial charge in [-0.05, 0) is 0 Å². The molecule has 0 aliphatic carbocycles. The van der Waals surface area contributed by atoms with Crippen LogP contribution in [-0.2, 0) is 55.7 Å². The topological polar surface area (TPSA) is 241 Å². The van der Waals surface area contributed by atoms with E-state index >= 15 is 0 Å². The number of hydrogen-bond acceptors (Lipinski definition) is 12. The summed E-state index contributed by atoms with van der Waals surface area (Å²) in [6.45, 7) is 9.72. The Balaban J connectivity index is -0.0000000754. The summed E-state index contributed by atoms with van der Waals surface area (Å²) in [5.74, 6) is -4.89. The quantitative estimate of drug-likeness (QED) is 0.195. The van der Waals surface area contributed by atoms with Gasteiger partial charge in [-0.25, -0.2) is 0 Å². The van der Waals surface area contributed by atoms with E-state index in [4.69, 9.17) is 20.4 Å². The Kier molecular flexibility index (Phi) is 27.3. The molecule has 0 fully saturated rings. The Labute approximate surface area is 223 Å². The molecular weight excluding hydrogens is 553 g/mol. The van der Waals surface area contributed by atoms with Crippen LogP contribution >= 0.6 is 0 Å². The molecule has 0 aliphatic rings. The minimum Gasteiger partial charge on any atom is -0.549 e. The summed E-state index contributed by atoms with van der Waals surface area (Å²) in [4.78, 5) is 39.9. The first-order valence-corrected chi connectivity index (χ1v) is 9.31. The number of carbonyl (C=O) groups is 4. The molecule has 0 aromatic rings. The molecule has 0 aromatic heterocycles. The van der Waals surface area contributed by atoms with Gasteiger partial charge in [0.05, 0.1) is 26.4 Å². The molecule has 0 heterocycles. The first kappa shape index (κ1) is 46.2. The molecule has 0 saturated carbocycles. The molecule has 0 aliphatic heterocycles. The van der Waals surface area contributed by atoms with Crippen molar-refractivity contribution in [2.75, 3.05) is 26.4 Å². The van der Waals surface area contributed by atoms with Crippen molar-refractivity contribution in [1.29, 1.82) is 0 Å². The molecule has 198 valence electrons. The number of aliphatic carboxylic acids is 4. The van der Waals surface area contributed by atoms with Crippen LogP contribution in [0.5, 0.6) is 0 Å². The van der Waals surface area contributed by atoms with Crippen molar-refractivity contribution in [2.24, 2.45) is 21.7 Å². The van der Waals surface area contributed by atoms with E-state index in [-0.39, 0.29) is 63.0 Å². The number of hydrogen-bond donors (Lipinski definition) is 4. The zero-order valence-electron chi connectivity index (χ0n) is 20.9. The fourth-order valence-electron chi connectivity index (χ4n) is 0.258. The number of aliphatic hydroxyl groups is 4. The van der Waals surface area contributed by atoms with Crippen LogP contribution in [0.1, 0.15) is 55.4 Å². The standard InChI is InChI=1S/4C5H10O3.Fe.Zn/c4*1-5(2,3-6)4(7)8;;/h4*6H,3H2,1-2H3,(H,7,8);;/q;;;;2*+2/p-4. The molecule has 4 N–H and O–H groups in total. The molecule has 0 unspecified atom stereocenters. The Hall–Kier alpha value is -1.14. The number of aliphatic hydroxyl groups excluding tert-OH is 4. The molecule has 0 aromatic carbocycles. The molecule has 0 saturated heterocycles. The number of carboxylic acids is 4. The zero-order chi connectivity index (χ0) is 27.1. The minimum atomic E-state index is -1.22. The van der Waals surface area contributed by atoms with Gasteiger partial charge < -0.3 is 60.0 Å². The molecule has 0 bridgehead atoms. The third-order valence-corrected chi connectivity index (χ3v) is 3.79. The Bertz CT molecular complexity index is 500. The van der Waals surface area contributed by atoms with Crippen LogP contribution in [0.25, 0.3) is 0 Å². The van der Waals surface area contributed by atoms with E-state index in [0.717, 1.165) is 0 Å². The van der Waals surface area contributed by atoms with Crippen LogP contribution in [-0.4, -0.2) is 70.7 Å². The molecule has 34 heavy (non-hydrogen) atoms. The normalized spacial score (nSPS) is 10.7. The summed E-state index contributed by atoms with van der Waals surface area (Å²) in [6.07, 6.45) is 0. The fraction of sp³-hybridized carbons (Fsp3) is 0.800. The minimum absolute atomic E-state index is 0. The fourth-order valence-corrected chi connectivity index (χ4v) is 0.258. The van der Waals surface area contributed by atoms with Crippen molar-refractivity contribution in [3.05, 3.63) is 0 Å². The van der Waals surface area contributed by atoms with Gasteiger partial charge in [-0.3, -0.25) is 0 Å². The molecule has 0 radical (unpaired) electrons. The molecule has 0 rings (SSSR count). The van der Waals surface area contributed by atoms with Gasteiger partial charge in [0, 0.05) is 45.5 Å². The van der Waals surface area contributed by atoms with Crippen molar-refractivity contribution < 1.29 is 96.6 Å². The average molecular weight is 590 g/mol. The zero-order valence-corrected chi connectivity index (χ0v) is 25.0. The maximum atomic E-state index is 9.98. The van der Waals surface area contributed by atoms with Crippen molar-refractivity contribution in [1.82, 2.24) is 0 Å². The van der Waals surface area contributed by atoms with Crippen LogP contribution in [0, 0.1) is 21.7 Å². The van der Waals surface area contributed by atoms with Crippen molar-refractivity contribution >= 4 is 23.9 Å². The Morgan fingerprint density at radius 3 is 0.559 bits per heavy atom. The van der Waals surface area contributed by atoms with Crippen molar-refractivity contribution in [2.45, 2.75) is 55.4 Å². The average Bonchev–Trinajstić information content (AvgIpc) is 2.68. The van der Waals surface area contributed by atoms with Gasteiger partial charge in [0.2, 0.25) is 0 Å². The van der Waals surface area contributed by atoms with Crippen molar-refractivity contribution in [3.8, 4) is 0 Å². The SMILES string of the molecule is CC(C)(CO)C(=O)[O-].CC(C)(CO)C(=O)[O-].CC(C)(CO)C(=O)[O-].CC(C)(CO)C(=O)[O-].[Fe+2].[Zn+2]. The van der Waals surface area contributed by atoms with Gasteiger partial charge in [0.25, 0.3) is 0 Å². The van der Waals surface area contributed by atoms with Crippen LogP contribution in [0.3, 0.4) is 0 Å². The second kappa shape index (κ2) is 20.1. The van der Waals surface area contributed by atoms with Crippen LogP contribution in [0.4, 0.5) is 0 Å². The smallest absolute Gasteiger partial charge is 0.549 e. The van der Waals surface area contributed by atoms with Crippen LogP contribution < -0.4 is 20.4 Å². The maximum absolute atomic E-state index is 9.98. The van der Waals surface area contributed by atoms with Gasteiger partial charge >= 0.3 is 36.5 Å². The van der Waals surface area contributed by atoms with Gasteiger partial charge in [-0.1, -0.05) is 55.4 Å². The molecule has 0 spiro atoms.